The maximum atomic E-state index is 9.75. The van der Waals surface area contributed by atoms with Crippen LogP contribution in [0.3, 0.4) is 0 Å². The Morgan fingerprint density at radius 3 is 2.48 bits per heavy atom. The Hall–Kier alpha value is -2.88. The van der Waals surface area contributed by atoms with Crippen molar-refractivity contribution in [1.82, 2.24) is 9.78 Å². The monoisotopic (exact) mass is 407 g/mol. The van der Waals surface area contributed by atoms with Crippen molar-refractivity contribution < 1.29 is 31.3 Å². The Morgan fingerprint density at radius 2 is 1.79 bits per heavy atom. The highest BCUT2D eigenvalue weighted by Gasteiger charge is 2.43. The van der Waals surface area contributed by atoms with E-state index in [-0.39, 0.29) is 12.1 Å². The lowest BCUT2D eigenvalue weighted by atomic mass is 10.1. The SMILES string of the molecule is COc1ccc(-n2c[n+]3c(n2)CO[C@@H]2Cc4ccccc4[C@@H]23)cc1.F[B-](F)(F)F. The summed E-state index contributed by atoms with van der Waals surface area (Å²) in [4.78, 5) is 0. The Morgan fingerprint density at radius 1 is 1.10 bits per heavy atom. The second-order valence-corrected chi connectivity index (χ2v) is 6.77. The number of benzene rings is 2. The molecule has 29 heavy (non-hydrogen) atoms. The fourth-order valence-corrected chi connectivity index (χ4v) is 3.78. The van der Waals surface area contributed by atoms with E-state index in [9.17, 15) is 17.3 Å². The summed E-state index contributed by atoms with van der Waals surface area (Å²) in [6, 6.07) is 16.7. The molecule has 2 atom stereocenters. The van der Waals surface area contributed by atoms with Gasteiger partial charge in [-0.05, 0) is 35.4 Å². The molecule has 1 aliphatic carbocycles. The zero-order chi connectivity index (χ0) is 20.6. The fraction of sp³-hybridized carbons (Fsp3) is 0.263. The van der Waals surface area contributed by atoms with Gasteiger partial charge < -0.3 is 26.7 Å². The molecule has 0 unspecified atom stereocenters. The highest BCUT2D eigenvalue weighted by molar-refractivity contribution is 6.50. The molecule has 0 saturated heterocycles. The molecule has 2 aliphatic rings. The molecule has 2 aromatic carbocycles. The van der Waals surface area contributed by atoms with Gasteiger partial charge >= 0.3 is 13.1 Å². The molecule has 0 radical (unpaired) electrons. The van der Waals surface area contributed by atoms with E-state index in [1.807, 2.05) is 28.9 Å². The first-order valence-corrected chi connectivity index (χ1v) is 9.04. The minimum Gasteiger partial charge on any atom is -0.497 e. The summed E-state index contributed by atoms with van der Waals surface area (Å²) in [6.07, 6.45) is 3.26. The number of halogens is 4. The third kappa shape index (κ3) is 4.12. The van der Waals surface area contributed by atoms with Crippen molar-refractivity contribution >= 4 is 7.25 Å². The van der Waals surface area contributed by atoms with Crippen LogP contribution in [0.15, 0.2) is 54.9 Å². The lowest BCUT2D eigenvalue weighted by Gasteiger charge is -2.23. The van der Waals surface area contributed by atoms with Gasteiger partial charge in [-0.15, -0.1) is 0 Å². The molecule has 0 fully saturated rings. The highest BCUT2D eigenvalue weighted by Crippen LogP contribution is 2.35. The average molecular weight is 407 g/mol. The maximum absolute atomic E-state index is 9.75. The van der Waals surface area contributed by atoms with Crippen LogP contribution in [0.1, 0.15) is 23.0 Å². The quantitative estimate of drug-likeness (QED) is 0.371. The van der Waals surface area contributed by atoms with E-state index in [0.29, 0.717) is 6.61 Å². The van der Waals surface area contributed by atoms with E-state index in [1.165, 1.54) is 11.1 Å². The first-order chi connectivity index (χ1) is 13.8. The number of methoxy groups -OCH3 is 1. The van der Waals surface area contributed by atoms with Crippen LogP contribution in [0.2, 0.25) is 0 Å². The zero-order valence-corrected chi connectivity index (χ0v) is 15.5. The van der Waals surface area contributed by atoms with Crippen LogP contribution in [-0.4, -0.2) is 30.2 Å². The Bertz CT molecular complexity index is 1000. The van der Waals surface area contributed by atoms with Crippen LogP contribution < -0.4 is 9.30 Å². The molecule has 0 spiro atoms. The smallest absolute Gasteiger partial charge is 0.497 e. The number of rotatable bonds is 2. The van der Waals surface area contributed by atoms with E-state index in [4.69, 9.17) is 14.6 Å². The van der Waals surface area contributed by atoms with Crippen LogP contribution in [0.5, 0.6) is 5.75 Å². The standard InChI is InChI=1S/C19H18N3O2.BF4/c1-23-15-8-6-14(7-9-15)22-12-21-18(20-22)11-24-17-10-13-4-2-3-5-16(13)19(17)21;2-1(3,4)5/h2-9,12,17,19H,10-11H2,1H3;/q+1;-1/t17-,19+;/m1./s1. The van der Waals surface area contributed by atoms with Crippen LogP contribution in [0, 0.1) is 0 Å². The maximum Gasteiger partial charge on any atom is 0.673 e. The Balaban J connectivity index is 0.000000369. The number of hydrogen-bond acceptors (Lipinski definition) is 3. The Labute approximate surface area is 164 Å². The molecule has 0 saturated carbocycles. The molecule has 2 heterocycles. The van der Waals surface area contributed by atoms with Crippen LogP contribution in [0.25, 0.3) is 5.69 Å². The summed E-state index contributed by atoms with van der Waals surface area (Å²) in [7, 11) is -4.33. The molecule has 3 aromatic rings. The van der Waals surface area contributed by atoms with Gasteiger partial charge in [-0.3, -0.25) is 0 Å². The molecular formula is C19H18BF4N3O2. The molecule has 5 rings (SSSR count). The Kier molecular flexibility index (Phi) is 5.04. The molecule has 1 aromatic heterocycles. The van der Waals surface area contributed by atoms with Gasteiger partial charge in [0.25, 0.3) is 0 Å². The molecule has 0 bridgehead atoms. The van der Waals surface area contributed by atoms with Gasteiger partial charge in [-0.25, -0.2) is 4.57 Å². The molecule has 152 valence electrons. The molecular weight excluding hydrogens is 389 g/mol. The summed E-state index contributed by atoms with van der Waals surface area (Å²) >= 11 is 0. The van der Waals surface area contributed by atoms with E-state index in [2.05, 4.69) is 35.2 Å². The predicted molar refractivity (Wildman–Crippen MR) is 97.4 cm³/mol. The highest BCUT2D eigenvalue weighted by atomic mass is 19.5. The van der Waals surface area contributed by atoms with Gasteiger partial charge in [0.1, 0.15) is 30.2 Å². The number of aromatic nitrogens is 3. The van der Waals surface area contributed by atoms with Crippen molar-refractivity contribution in [2.24, 2.45) is 0 Å². The van der Waals surface area contributed by atoms with Gasteiger partial charge in [0.2, 0.25) is 6.33 Å². The zero-order valence-electron chi connectivity index (χ0n) is 15.5. The number of fused-ring (bicyclic) bond motifs is 5. The summed E-state index contributed by atoms with van der Waals surface area (Å²) < 4.78 is 54.5. The third-order valence-electron chi connectivity index (χ3n) is 4.97. The molecule has 0 amide bonds. The van der Waals surface area contributed by atoms with Crippen molar-refractivity contribution in [3.05, 3.63) is 71.8 Å². The van der Waals surface area contributed by atoms with E-state index in [1.54, 1.807) is 7.11 Å². The predicted octanol–water partition coefficient (Wildman–Crippen LogP) is 3.51. The van der Waals surface area contributed by atoms with Crippen molar-refractivity contribution in [3.63, 3.8) is 0 Å². The van der Waals surface area contributed by atoms with Gasteiger partial charge in [0.15, 0.2) is 0 Å². The summed E-state index contributed by atoms with van der Waals surface area (Å²) in [5.74, 6) is 1.81. The molecule has 5 nitrogen and oxygen atoms in total. The fourth-order valence-electron chi connectivity index (χ4n) is 3.78. The summed E-state index contributed by atoms with van der Waals surface area (Å²) in [5, 5.41) is 4.72. The van der Waals surface area contributed by atoms with E-state index in [0.717, 1.165) is 23.7 Å². The van der Waals surface area contributed by atoms with Gasteiger partial charge in [0.05, 0.1) is 7.11 Å². The van der Waals surface area contributed by atoms with Gasteiger partial charge in [-0.2, -0.15) is 0 Å². The van der Waals surface area contributed by atoms with E-state index >= 15 is 0 Å². The van der Waals surface area contributed by atoms with Crippen LogP contribution >= 0.6 is 0 Å². The average Bonchev–Trinajstić information content (AvgIpc) is 3.27. The number of ether oxygens (including phenoxy) is 2. The second-order valence-electron chi connectivity index (χ2n) is 6.77. The van der Waals surface area contributed by atoms with Crippen LogP contribution in [-0.2, 0) is 17.8 Å². The van der Waals surface area contributed by atoms with Crippen molar-refractivity contribution in [3.8, 4) is 11.4 Å². The summed E-state index contributed by atoms with van der Waals surface area (Å²) in [6.45, 7) is 0.554. The number of hydrogen-bond donors (Lipinski definition) is 0. The lowest BCUT2D eigenvalue weighted by molar-refractivity contribution is -0.739. The minimum atomic E-state index is -6.00. The molecule has 1 aliphatic heterocycles. The van der Waals surface area contributed by atoms with E-state index < -0.39 is 7.25 Å². The largest absolute Gasteiger partial charge is 0.673 e. The van der Waals surface area contributed by atoms with Crippen molar-refractivity contribution in [1.29, 1.82) is 0 Å². The third-order valence-corrected chi connectivity index (χ3v) is 4.97. The first kappa shape index (κ1) is 19.4. The normalized spacial score (nSPS) is 19.5. The minimum absolute atomic E-state index is 0.202. The second kappa shape index (κ2) is 7.51. The van der Waals surface area contributed by atoms with Gasteiger partial charge in [0, 0.05) is 11.5 Å². The molecule has 10 heteroatoms. The van der Waals surface area contributed by atoms with Gasteiger partial charge in [-0.1, -0.05) is 28.9 Å². The number of nitrogens with zero attached hydrogens (tertiary/aromatic N) is 3. The van der Waals surface area contributed by atoms with Crippen molar-refractivity contribution in [2.75, 3.05) is 7.11 Å². The topological polar surface area (TPSA) is 40.2 Å². The first-order valence-electron chi connectivity index (χ1n) is 9.04. The van der Waals surface area contributed by atoms with Crippen LogP contribution in [0.4, 0.5) is 17.3 Å². The lowest BCUT2D eigenvalue weighted by Crippen LogP contribution is -2.51. The summed E-state index contributed by atoms with van der Waals surface area (Å²) in [5.41, 5.74) is 3.74. The molecule has 0 N–H and O–H groups in total. The van der Waals surface area contributed by atoms with Crippen molar-refractivity contribution in [2.45, 2.75) is 25.2 Å².